The van der Waals surface area contributed by atoms with Gasteiger partial charge >= 0.3 is 0 Å². The number of nitrogens with one attached hydrogen (secondary N) is 1. The van der Waals surface area contributed by atoms with Crippen LogP contribution in [0.5, 0.6) is 0 Å². The first-order valence-electron chi connectivity index (χ1n) is 13.1. The Kier molecular flexibility index (Phi) is 8.00. The van der Waals surface area contributed by atoms with Crippen molar-refractivity contribution in [1.29, 1.82) is 0 Å². The Labute approximate surface area is 231 Å². The highest BCUT2D eigenvalue weighted by molar-refractivity contribution is 7.86. The summed E-state index contributed by atoms with van der Waals surface area (Å²) in [4.78, 5) is 8.36. The topological polar surface area (TPSA) is 99.4 Å². The van der Waals surface area contributed by atoms with E-state index in [2.05, 4.69) is 20.0 Å². The van der Waals surface area contributed by atoms with Crippen molar-refractivity contribution >= 4 is 28.2 Å². The van der Waals surface area contributed by atoms with Gasteiger partial charge in [0.05, 0.1) is 35.6 Å². The Morgan fingerprint density at radius 2 is 1.57 bits per heavy atom. The summed E-state index contributed by atoms with van der Waals surface area (Å²) in [6, 6.07) is 8.86. The molecule has 0 saturated carbocycles. The molecule has 2 aromatic heterocycles. The van der Waals surface area contributed by atoms with E-state index in [1.807, 2.05) is 28.9 Å². The second-order valence-electron chi connectivity index (χ2n) is 10.2. The molecule has 1 aromatic carbocycles. The molecule has 0 spiro atoms. The van der Waals surface area contributed by atoms with E-state index < -0.39 is 22.8 Å². The molecule has 216 valence electrons. The maximum absolute atomic E-state index is 13.9. The highest BCUT2D eigenvalue weighted by Crippen LogP contribution is 2.35. The molecule has 2 N–H and O–H groups in total. The number of nitrogens with zero attached hydrogens (tertiary/aromatic N) is 6. The molecule has 1 unspecified atom stereocenters. The maximum atomic E-state index is 13.9. The Bertz CT molecular complexity index is 1370. The van der Waals surface area contributed by atoms with Crippen molar-refractivity contribution in [3.05, 3.63) is 42.1 Å². The van der Waals surface area contributed by atoms with E-state index in [1.54, 1.807) is 24.4 Å². The van der Waals surface area contributed by atoms with Gasteiger partial charge in [-0.25, -0.2) is 31.4 Å². The number of aliphatic hydroxyl groups is 1. The minimum atomic E-state index is -2.73. The molecule has 2 aliphatic heterocycles. The molecule has 0 amide bonds. The number of alkyl halides is 4. The molecular weight excluding hydrogens is 550 g/mol. The average Bonchev–Trinajstić information content (AvgIpc) is 3.39. The van der Waals surface area contributed by atoms with Gasteiger partial charge in [0, 0.05) is 57.5 Å². The minimum absolute atomic E-state index is 0.0464. The van der Waals surface area contributed by atoms with Crippen LogP contribution in [0.3, 0.4) is 0 Å². The molecule has 2 fully saturated rings. The predicted molar refractivity (Wildman–Crippen MR) is 146 cm³/mol. The summed E-state index contributed by atoms with van der Waals surface area (Å²) >= 11 is 0. The molecule has 2 aliphatic rings. The lowest BCUT2D eigenvalue weighted by atomic mass is 10.1. The van der Waals surface area contributed by atoms with Gasteiger partial charge in [0.2, 0.25) is 0 Å². The van der Waals surface area contributed by atoms with E-state index in [0.29, 0.717) is 34.3 Å². The smallest absolute Gasteiger partial charge is 0.251 e. The first-order valence-corrected chi connectivity index (χ1v) is 14.4. The van der Waals surface area contributed by atoms with Gasteiger partial charge in [-0.3, -0.25) is 0 Å². The fraction of sp³-hybridized carbons (Fsp3) is 0.500. The normalized spacial score (nSPS) is 19.4. The van der Waals surface area contributed by atoms with E-state index in [-0.39, 0.29) is 64.2 Å². The van der Waals surface area contributed by atoms with Gasteiger partial charge in [-0.15, -0.1) is 5.10 Å². The van der Waals surface area contributed by atoms with Crippen molar-refractivity contribution in [3.8, 4) is 17.1 Å². The second kappa shape index (κ2) is 11.3. The van der Waals surface area contributed by atoms with Gasteiger partial charge < -0.3 is 19.6 Å². The van der Waals surface area contributed by atoms with E-state index in [4.69, 9.17) is 5.11 Å². The van der Waals surface area contributed by atoms with Crippen LogP contribution in [0.15, 0.2) is 36.5 Å². The molecule has 40 heavy (non-hydrogen) atoms. The highest BCUT2D eigenvalue weighted by atomic mass is 32.2. The third-order valence-corrected chi connectivity index (χ3v) is 8.11. The number of rotatable bonds is 8. The van der Waals surface area contributed by atoms with E-state index in [0.717, 1.165) is 5.56 Å². The number of aliphatic hydroxyl groups excluding tert-OH is 1. The van der Waals surface area contributed by atoms with E-state index >= 15 is 0 Å². The molecule has 4 heterocycles. The summed E-state index contributed by atoms with van der Waals surface area (Å²) in [5.74, 6) is -4.74. The Balaban J connectivity index is 1.44. The second-order valence-corrected chi connectivity index (χ2v) is 11.5. The SMILES string of the molecule is Cc1cc(-c2cn(-c3ccc(NS(=O)CCO)cc3N3CCC(F)(F)CC3)nn2)nc(N2CCC(F)(F)CC2)c1. The lowest BCUT2D eigenvalue weighted by Crippen LogP contribution is -2.39. The number of hydrogen-bond donors (Lipinski definition) is 2. The lowest BCUT2D eigenvalue weighted by molar-refractivity contribution is -0.0227. The predicted octanol–water partition coefficient (Wildman–Crippen LogP) is 4.18. The number of halogens is 4. The number of hydrogen-bond acceptors (Lipinski definition) is 7. The summed E-state index contributed by atoms with van der Waals surface area (Å²) < 4.78 is 71.7. The molecule has 9 nitrogen and oxygen atoms in total. The van der Waals surface area contributed by atoms with E-state index in [9.17, 15) is 21.8 Å². The summed E-state index contributed by atoms with van der Waals surface area (Å²) in [6.07, 6.45) is 0.656. The van der Waals surface area contributed by atoms with Crippen molar-refractivity contribution in [2.24, 2.45) is 0 Å². The minimum Gasteiger partial charge on any atom is -0.395 e. The zero-order valence-electron chi connectivity index (χ0n) is 22.0. The number of aryl methyl sites for hydroxylation is 1. The summed E-state index contributed by atoms with van der Waals surface area (Å²) in [6.45, 7) is 2.32. The van der Waals surface area contributed by atoms with Gasteiger partial charge in [-0.2, -0.15) is 0 Å². The maximum Gasteiger partial charge on any atom is 0.251 e. The number of pyridine rings is 1. The molecule has 14 heteroatoms. The fourth-order valence-electron chi connectivity index (χ4n) is 4.88. The van der Waals surface area contributed by atoms with Crippen LogP contribution in [0, 0.1) is 6.92 Å². The lowest BCUT2D eigenvalue weighted by Gasteiger charge is -2.34. The summed E-state index contributed by atoms with van der Waals surface area (Å²) in [5.41, 5.74) is 3.62. The van der Waals surface area contributed by atoms with Crippen molar-refractivity contribution in [2.45, 2.75) is 44.5 Å². The monoisotopic (exact) mass is 581 g/mol. The van der Waals surface area contributed by atoms with Gasteiger partial charge in [0.1, 0.15) is 22.5 Å². The Hall–Kier alpha value is -3.26. The number of benzene rings is 1. The van der Waals surface area contributed by atoms with Crippen molar-refractivity contribution in [3.63, 3.8) is 0 Å². The van der Waals surface area contributed by atoms with Crippen molar-refractivity contribution < 1.29 is 26.9 Å². The van der Waals surface area contributed by atoms with Gasteiger partial charge in [0.25, 0.3) is 11.8 Å². The standard InChI is InChI=1S/C26H31F4N7O2S/c1-18-14-20(31-24(15-18)36-10-6-26(29,30)7-11-36)21-17-37(34-32-21)22-3-2-19(33-40(39)13-12-38)16-23(22)35-8-4-25(27,28)5-9-35/h2-3,14-17,33,38H,4-13H2,1H3. The number of anilines is 3. The first-order chi connectivity index (χ1) is 19.0. The van der Waals surface area contributed by atoms with Crippen LogP contribution in [0.2, 0.25) is 0 Å². The van der Waals surface area contributed by atoms with Crippen LogP contribution in [0.4, 0.5) is 34.8 Å². The molecule has 0 radical (unpaired) electrons. The van der Waals surface area contributed by atoms with Crippen LogP contribution >= 0.6 is 0 Å². The van der Waals surface area contributed by atoms with Crippen LogP contribution in [0.25, 0.3) is 17.1 Å². The third-order valence-electron chi connectivity index (χ3n) is 7.10. The van der Waals surface area contributed by atoms with Crippen LogP contribution in [0.1, 0.15) is 31.2 Å². The van der Waals surface area contributed by atoms with Gasteiger partial charge in [0.15, 0.2) is 0 Å². The van der Waals surface area contributed by atoms with Crippen LogP contribution < -0.4 is 14.5 Å². The Morgan fingerprint density at radius 3 is 2.23 bits per heavy atom. The molecule has 0 bridgehead atoms. The van der Waals surface area contributed by atoms with Gasteiger partial charge in [-0.05, 0) is 42.8 Å². The Morgan fingerprint density at radius 1 is 0.925 bits per heavy atom. The molecule has 1 atom stereocenters. The average molecular weight is 582 g/mol. The first kappa shape index (κ1) is 28.3. The molecular formula is C26H31F4N7O2S. The largest absolute Gasteiger partial charge is 0.395 e. The zero-order valence-corrected chi connectivity index (χ0v) is 22.8. The summed E-state index contributed by atoms with van der Waals surface area (Å²) in [5, 5.41) is 17.7. The number of piperidine rings is 2. The quantitative estimate of drug-likeness (QED) is 0.385. The third kappa shape index (κ3) is 6.54. The molecule has 2 saturated heterocycles. The number of aromatic nitrogens is 4. The molecule has 5 rings (SSSR count). The zero-order chi connectivity index (χ0) is 28.5. The van der Waals surface area contributed by atoms with Crippen molar-refractivity contribution in [2.75, 3.05) is 53.1 Å². The summed E-state index contributed by atoms with van der Waals surface area (Å²) in [7, 11) is -1.51. The molecule has 0 aliphatic carbocycles. The highest BCUT2D eigenvalue weighted by Gasteiger charge is 2.36. The van der Waals surface area contributed by atoms with Crippen LogP contribution in [-0.4, -0.2) is 79.7 Å². The van der Waals surface area contributed by atoms with Crippen LogP contribution in [-0.2, 0) is 11.0 Å². The van der Waals surface area contributed by atoms with Crippen molar-refractivity contribution in [1.82, 2.24) is 20.0 Å². The van der Waals surface area contributed by atoms with E-state index in [1.165, 1.54) is 4.68 Å². The van der Waals surface area contributed by atoms with Gasteiger partial charge in [-0.1, -0.05) is 5.21 Å². The fourth-order valence-corrected chi connectivity index (χ4v) is 5.54. The molecule has 3 aromatic rings.